The summed E-state index contributed by atoms with van der Waals surface area (Å²) in [7, 11) is 0. The average Bonchev–Trinajstić information content (AvgIpc) is 2.72. The highest BCUT2D eigenvalue weighted by Crippen LogP contribution is 2.26. The van der Waals surface area contributed by atoms with Crippen LogP contribution >= 0.6 is 0 Å². The first-order valence-electron chi connectivity index (χ1n) is 10.5. The lowest BCUT2D eigenvalue weighted by Crippen LogP contribution is -2.62. The van der Waals surface area contributed by atoms with Crippen LogP contribution in [0, 0.1) is 0 Å². The first-order valence-corrected chi connectivity index (χ1v) is 10.5. The molecule has 0 bridgehead atoms. The fraction of sp³-hybridized carbons (Fsp3) is 1.00. The van der Waals surface area contributed by atoms with Crippen LogP contribution in [-0.2, 0) is 18.9 Å². The van der Waals surface area contributed by atoms with Crippen molar-refractivity contribution < 1.29 is 49.6 Å². The van der Waals surface area contributed by atoms with Crippen LogP contribution in [0.3, 0.4) is 0 Å². The smallest absolute Gasteiger partial charge is 0.187 e. The fourth-order valence-electron chi connectivity index (χ4n) is 3.47. The van der Waals surface area contributed by atoms with Crippen LogP contribution in [0.25, 0.3) is 0 Å². The molecular formula is C19H36O10. The second-order valence-corrected chi connectivity index (χ2v) is 7.69. The van der Waals surface area contributed by atoms with Gasteiger partial charge in [0.05, 0.1) is 13.2 Å². The molecule has 10 heteroatoms. The summed E-state index contributed by atoms with van der Waals surface area (Å²) < 4.78 is 21.7. The van der Waals surface area contributed by atoms with E-state index in [0.29, 0.717) is 6.61 Å². The van der Waals surface area contributed by atoms with Crippen LogP contribution in [0.4, 0.5) is 0 Å². The molecule has 0 radical (unpaired) electrons. The highest BCUT2D eigenvalue weighted by molar-refractivity contribution is 4.91. The van der Waals surface area contributed by atoms with Crippen LogP contribution in [0.15, 0.2) is 0 Å². The molecule has 172 valence electrons. The van der Waals surface area contributed by atoms with Crippen LogP contribution in [-0.4, -0.2) is 106 Å². The molecule has 10 nitrogen and oxygen atoms in total. The van der Waals surface area contributed by atoms with Crippen molar-refractivity contribution in [2.75, 3.05) is 19.8 Å². The van der Waals surface area contributed by atoms with E-state index in [1.165, 1.54) is 19.3 Å². The zero-order valence-corrected chi connectivity index (χ0v) is 16.9. The Morgan fingerprint density at radius 3 is 2.14 bits per heavy atom. The van der Waals surface area contributed by atoms with Gasteiger partial charge in [0.1, 0.15) is 42.7 Å². The molecule has 0 aromatic heterocycles. The van der Waals surface area contributed by atoms with Gasteiger partial charge in [0.25, 0.3) is 0 Å². The molecule has 0 saturated carbocycles. The molecular weight excluding hydrogens is 388 g/mol. The van der Waals surface area contributed by atoms with Crippen molar-refractivity contribution in [3.63, 3.8) is 0 Å². The van der Waals surface area contributed by atoms with Crippen LogP contribution in [0.2, 0.25) is 0 Å². The summed E-state index contributed by atoms with van der Waals surface area (Å²) in [6.45, 7) is 1.84. The molecule has 2 rings (SSSR count). The van der Waals surface area contributed by atoms with Gasteiger partial charge in [-0.05, 0) is 6.42 Å². The SMILES string of the molecule is CCCCCCCCO[C@@H]1OC[C@@H](O[C@@H]2O[C@H](CO)[C@H](O)[C@H](O)[C@H]2O)[C@H](O)[C@H]1O. The van der Waals surface area contributed by atoms with Gasteiger partial charge < -0.3 is 49.6 Å². The van der Waals surface area contributed by atoms with Gasteiger partial charge in [-0.25, -0.2) is 0 Å². The molecule has 6 N–H and O–H groups in total. The number of unbranched alkanes of at least 4 members (excludes halogenated alkanes) is 5. The van der Waals surface area contributed by atoms with E-state index in [1.807, 2.05) is 0 Å². The molecule has 0 unspecified atom stereocenters. The van der Waals surface area contributed by atoms with Gasteiger partial charge in [0, 0.05) is 6.61 Å². The maximum absolute atomic E-state index is 10.3. The Kier molecular flexibility index (Phi) is 10.7. The molecule has 2 saturated heterocycles. The molecule has 29 heavy (non-hydrogen) atoms. The molecule has 0 aromatic rings. The normalized spacial score (nSPS) is 40.9. The summed E-state index contributed by atoms with van der Waals surface area (Å²) in [6.07, 6.45) is -5.45. The lowest BCUT2D eigenvalue weighted by molar-refractivity contribution is -0.343. The molecule has 2 fully saturated rings. The molecule has 0 aliphatic carbocycles. The van der Waals surface area contributed by atoms with Crippen LogP contribution in [0.1, 0.15) is 45.4 Å². The summed E-state index contributed by atoms with van der Waals surface area (Å²) in [5.41, 5.74) is 0. The summed E-state index contributed by atoms with van der Waals surface area (Å²) in [6, 6.07) is 0. The van der Waals surface area contributed by atoms with E-state index in [9.17, 15) is 30.6 Å². The summed E-state index contributed by atoms with van der Waals surface area (Å²) in [5, 5.41) is 59.4. The van der Waals surface area contributed by atoms with E-state index in [-0.39, 0.29) is 6.61 Å². The average molecular weight is 424 g/mol. The number of rotatable bonds is 11. The zero-order chi connectivity index (χ0) is 21.4. The Balaban J connectivity index is 1.76. The zero-order valence-electron chi connectivity index (χ0n) is 16.9. The van der Waals surface area contributed by atoms with E-state index in [0.717, 1.165) is 19.3 Å². The quantitative estimate of drug-likeness (QED) is 0.218. The highest BCUT2D eigenvalue weighted by Gasteiger charge is 2.47. The molecule has 0 aromatic carbocycles. The van der Waals surface area contributed by atoms with Gasteiger partial charge in [-0.1, -0.05) is 39.0 Å². The van der Waals surface area contributed by atoms with E-state index < -0.39 is 61.9 Å². The molecule has 2 aliphatic rings. The fourth-order valence-corrected chi connectivity index (χ4v) is 3.47. The number of hydrogen-bond donors (Lipinski definition) is 6. The minimum atomic E-state index is -1.60. The standard InChI is InChI=1S/C19H36O10/c1-2-3-4-5-6-7-8-26-18-16(24)14(22)12(10-27-18)29-19-17(25)15(23)13(21)11(9-20)28-19/h11-25H,2-10H2,1H3/t11-,12-,13+,14+,15+,16-,17-,18-,19+/m1/s1. The molecule has 0 amide bonds. The maximum Gasteiger partial charge on any atom is 0.187 e. The second kappa shape index (κ2) is 12.5. The third kappa shape index (κ3) is 6.79. The molecule has 2 aliphatic heterocycles. The minimum absolute atomic E-state index is 0.131. The Bertz CT molecular complexity index is 451. The third-order valence-corrected chi connectivity index (χ3v) is 5.37. The van der Waals surface area contributed by atoms with Crippen molar-refractivity contribution >= 4 is 0 Å². The lowest BCUT2D eigenvalue weighted by Gasteiger charge is -2.43. The Labute approximate surface area is 171 Å². The summed E-state index contributed by atoms with van der Waals surface area (Å²) in [4.78, 5) is 0. The molecule has 0 spiro atoms. The van der Waals surface area contributed by atoms with Crippen LogP contribution in [0.5, 0.6) is 0 Å². The van der Waals surface area contributed by atoms with E-state index in [1.54, 1.807) is 0 Å². The third-order valence-electron chi connectivity index (χ3n) is 5.37. The summed E-state index contributed by atoms with van der Waals surface area (Å²) >= 11 is 0. The van der Waals surface area contributed by atoms with E-state index in [4.69, 9.17) is 18.9 Å². The predicted octanol–water partition coefficient (Wildman–Crippen LogP) is -1.37. The molecule has 9 atom stereocenters. The van der Waals surface area contributed by atoms with Gasteiger partial charge >= 0.3 is 0 Å². The van der Waals surface area contributed by atoms with Crippen LogP contribution < -0.4 is 0 Å². The Hall–Kier alpha value is -0.400. The maximum atomic E-state index is 10.3. The van der Waals surface area contributed by atoms with Gasteiger partial charge in [-0.3, -0.25) is 0 Å². The van der Waals surface area contributed by atoms with Crippen molar-refractivity contribution in [2.24, 2.45) is 0 Å². The first kappa shape index (κ1) is 24.9. The van der Waals surface area contributed by atoms with Crippen molar-refractivity contribution in [2.45, 2.75) is 101 Å². The lowest BCUT2D eigenvalue weighted by atomic mass is 9.99. The first-order chi connectivity index (χ1) is 13.9. The largest absolute Gasteiger partial charge is 0.394 e. The number of aliphatic hydroxyl groups is 6. The monoisotopic (exact) mass is 424 g/mol. The number of hydrogen-bond acceptors (Lipinski definition) is 10. The number of aliphatic hydroxyl groups excluding tert-OH is 6. The van der Waals surface area contributed by atoms with E-state index >= 15 is 0 Å². The Morgan fingerprint density at radius 2 is 1.45 bits per heavy atom. The van der Waals surface area contributed by atoms with Gasteiger partial charge in [0.15, 0.2) is 12.6 Å². The minimum Gasteiger partial charge on any atom is -0.394 e. The van der Waals surface area contributed by atoms with Crippen molar-refractivity contribution in [3.8, 4) is 0 Å². The van der Waals surface area contributed by atoms with Gasteiger partial charge in [-0.2, -0.15) is 0 Å². The number of ether oxygens (including phenoxy) is 4. The summed E-state index contributed by atoms with van der Waals surface area (Å²) in [5.74, 6) is 0. The van der Waals surface area contributed by atoms with Crippen molar-refractivity contribution in [1.82, 2.24) is 0 Å². The van der Waals surface area contributed by atoms with Crippen molar-refractivity contribution in [1.29, 1.82) is 0 Å². The van der Waals surface area contributed by atoms with Gasteiger partial charge in [0.2, 0.25) is 0 Å². The predicted molar refractivity (Wildman–Crippen MR) is 99.7 cm³/mol. The highest BCUT2D eigenvalue weighted by atomic mass is 16.7. The molecule has 2 heterocycles. The van der Waals surface area contributed by atoms with E-state index in [2.05, 4.69) is 6.92 Å². The Morgan fingerprint density at radius 1 is 0.793 bits per heavy atom. The topological polar surface area (TPSA) is 158 Å². The second-order valence-electron chi connectivity index (χ2n) is 7.69. The van der Waals surface area contributed by atoms with Crippen molar-refractivity contribution in [3.05, 3.63) is 0 Å². The van der Waals surface area contributed by atoms with Gasteiger partial charge in [-0.15, -0.1) is 0 Å².